The van der Waals surface area contributed by atoms with Crippen LogP contribution in [-0.4, -0.2) is 41.4 Å². The maximum Gasteiger partial charge on any atom is 0.224 e. The van der Waals surface area contributed by atoms with Crippen LogP contribution in [0.2, 0.25) is 0 Å². The molecule has 3 atom stereocenters. The van der Waals surface area contributed by atoms with Crippen LogP contribution in [0.4, 0.5) is 0 Å². The van der Waals surface area contributed by atoms with E-state index in [1.807, 2.05) is 42.3 Å². The summed E-state index contributed by atoms with van der Waals surface area (Å²) in [5, 5.41) is 0. The molecular weight excluding hydrogens is 334 g/mol. The Bertz CT molecular complexity index is 719. The van der Waals surface area contributed by atoms with Gasteiger partial charge in [0.1, 0.15) is 0 Å². The zero-order valence-electron chi connectivity index (χ0n) is 16.4. The molecule has 1 aliphatic rings. The molecule has 3 rings (SSSR count). The van der Waals surface area contributed by atoms with Gasteiger partial charge >= 0.3 is 0 Å². The molecule has 4 nitrogen and oxygen atoms in total. The van der Waals surface area contributed by atoms with Gasteiger partial charge in [-0.2, -0.15) is 0 Å². The predicted molar refractivity (Wildman–Crippen MR) is 110 cm³/mol. The molecule has 0 bridgehead atoms. The first-order valence-corrected chi connectivity index (χ1v) is 9.88. The molecule has 27 heavy (non-hydrogen) atoms. The van der Waals surface area contributed by atoms with Gasteiger partial charge in [-0.1, -0.05) is 60.7 Å². The third-order valence-electron chi connectivity index (χ3n) is 5.78. The average Bonchev–Trinajstić information content (AvgIpc) is 2.70. The van der Waals surface area contributed by atoms with E-state index >= 15 is 0 Å². The molecule has 1 amide bonds. The number of rotatable bonds is 6. The molecule has 0 spiro atoms. The summed E-state index contributed by atoms with van der Waals surface area (Å²) in [7, 11) is 1.93. The number of amides is 1. The summed E-state index contributed by atoms with van der Waals surface area (Å²) in [6.07, 6.45) is 2.38. The topological polar surface area (TPSA) is 49.6 Å². The number of piperidine rings is 1. The number of benzene rings is 2. The van der Waals surface area contributed by atoms with E-state index in [9.17, 15) is 4.79 Å². The van der Waals surface area contributed by atoms with E-state index in [4.69, 9.17) is 5.73 Å². The Morgan fingerprint density at radius 2 is 1.78 bits per heavy atom. The molecule has 1 fully saturated rings. The Balaban J connectivity index is 1.52. The lowest BCUT2D eigenvalue weighted by Gasteiger charge is -2.41. The molecule has 144 valence electrons. The van der Waals surface area contributed by atoms with Gasteiger partial charge in [0.15, 0.2) is 0 Å². The number of carbonyl (C=O) groups is 1. The van der Waals surface area contributed by atoms with Gasteiger partial charge in [-0.15, -0.1) is 0 Å². The summed E-state index contributed by atoms with van der Waals surface area (Å²) in [4.78, 5) is 17.2. The second-order valence-corrected chi connectivity index (χ2v) is 7.71. The quantitative estimate of drug-likeness (QED) is 0.851. The van der Waals surface area contributed by atoms with Crippen LogP contribution in [0.15, 0.2) is 60.7 Å². The Morgan fingerprint density at radius 1 is 1.15 bits per heavy atom. The van der Waals surface area contributed by atoms with E-state index in [1.165, 1.54) is 5.56 Å². The van der Waals surface area contributed by atoms with E-state index in [0.29, 0.717) is 18.5 Å². The van der Waals surface area contributed by atoms with Gasteiger partial charge in [-0.25, -0.2) is 0 Å². The lowest BCUT2D eigenvalue weighted by atomic mass is 9.95. The van der Waals surface area contributed by atoms with E-state index in [1.54, 1.807) is 0 Å². The Labute approximate surface area is 163 Å². The van der Waals surface area contributed by atoms with Crippen LogP contribution in [0, 0.1) is 0 Å². The number of hydrogen-bond donors (Lipinski definition) is 1. The SMILES string of the molecule is C[C@@H]1C[C@@H](N(C)C(=O)C[C@@H](N)c2ccccc2)CCN1Cc1ccccc1. The summed E-state index contributed by atoms with van der Waals surface area (Å²) in [6.45, 7) is 4.26. The van der Waals surface area contributed by atoms with Crippen LogP contribution in [-0.2, 0) is 11.3 Å². The first-order chi connectivity index (χ1) is 13.0. The minimum Gasteiger partial charge on any atom is -0.343 e. The van der Waals surface area contributed by atoms with Crippen molar-refractivity contribution in [3.63, 3.8) is 0 Å². The first kappa shape index (κ1) is 19.6. The van der Waals surface area contributed by atoms with Crippen LogP contribution in [0.3, 0.4) is 0 Å². The second-order valence-electron chi connectivity index (χ2n) is 7.71. The number of carbonyl (C=O) groups excluding carboxylic acids is 1. The summed E-state index contributed by atoms with van der Waals surface area (Å²) in [5.41, 5.74) is 8.61. The highest BCUT2D eigenvalue weighted by Crippen LogP contribution is 2.24. The van der Waals surface area contributed by atoms with Crippen molar-refractivity contribution in [3.8, 4) is 0 Å². The normalized spacial score (nSPS) is 21.6. The van der Waals surface area contributed by atoms with Crippen LogP contribution in [0.5, 0.6) is 0 Å². The van der Waals surface area contributed by atoms with Crippen molar-refractivity contribution in [2.45, 2.75) is 50.9 Å². The molecule has 0 unspecified atom stereocenters. The highest BCUT2D eigenvalue weighted by molar-refractivity contribution is 5.77. The van der Waals surface area contributed by atoms with Gasteiger partial charge < -0.3 is 10.6 Å². The van der Waals surface area contributed by atoms with Crippen molar-refractivity contribution in [3.05, 3.63) is 71.8 Å². The average molecular weight is 366 g/mol. The molecule has 1 saturated heterocycles. The number of likely N-dealkylation sites (tertiary alicyclic amines) is 1. The molecule has 2 aromatic carbocycles. The lowest BCUT2D eigenvalue weighted by molar-refractivity contribution is -0.133. The molecule has 2 aromatic rings. The van der Waals surface area contributed by atoms with Crippen molar-refractivity contribution in [1.29, 1.82) is 0 Å². The highest BCUT2D eigenvalue weighted by atomic mass is 16.2. The summed E-state index contributed by atoms with van der Waals surface area (Å²) >= 11 is 0. The minimum absolute atomic E-state index is 0.139. The smallest absolute Gasteiger partial charge is 0.224 e. The van der Waals surface area contributed by atoms with Crippen molar-refractivity contribution >= 4 is 5.91 Å². The van der Waals surface area contributed by atoms with E-state index in [0.717, 1.165) is 31.5 Å². The van der Waals surface area contributed by atoms with Crippen LogP contribution < -0.4 is 5.73 Å². The molecule has 1 heterocycles. The van der Waals surface area contributed by atoms with Crippen LogP contribution in [0.25, 0.3) is 0 Å². The summed E-state index contributed by atoms with van der Waals surface area (Å²) < 4.78 is 0. The zero-order valence-corrected chi connectivity index (χ0v) is 16.4. The van der Waals surface area contributed by atoms with Gasteiger partial charge in [0.05, 0.1) is 0 Å². The van der Waals surface area contributed by atoms with Crippen molar-refractivity contribution < 1.29 is 4.79 Å². The van der Waals surface area contributed by atoms with Crippen LogP contribution in [0.1, 0.15) is 43.4 Å². The number of hydrogen-bond acceptors (Lipinski definition) is 3. The third kappa shape index (κ3) is 5.18. The lowest BCUT2D eigenvalue weighted by Crippen LogP contribution is -2.49. The summed E-state index contributed by atoms with van der Waals surface area (Å²) in [5.74, 6) is 0.139. The van der Waals surface area contributed by atoms with Gasteiger partial charge in [0.25, 0.3) is 0 Å². The fourth-order valence-corrected chi connectivity index (χ4v) is 3.95. The van der Waals surface area contributed by atoms with Crippen molar-refractivity contribution in [1.82, 2.24) is 9.80 Å². The molecule has 0 radical (unpaired) electrons. The summed E-state index contributed by atoms with van der Waals surface area (Å²) in [6, 6.07) is 21.0. The van der Waals surface area contributed by atoms with Gasteiger partial charge in [-0.05, 0) is 30.9 Å². The van der Waals surface area contributed by atoms with Gasteiger partial charge in [-0.3, -0.25) is 9.69 Å². The Hall–Kier alpha value is -2.17. The molecule has 4 heteroatoms. The molecule has 0 aromatic heterocycles. The Morgan fingerprint density at radius 3 is 2.41 bits per heavy atom. The van der Waals surface area contributed by atoms with E-state index in [2.05, 4.69) is 42.2 Å². The first-order valence-electron chi connectivity index (χ1n) is 9.88. The molecule has 2 N–H and O–H groups in total. The van der Waals surface area contributed by atoms with Crippen molar-refractivity contribution in [2.24, 2.45) is 5.73 Å². The standard InChI is InChI=1S/C23H31N3O/c1-18-15-21(13-14-26(18)17-19-9-5-3-6-10-19)25(2)23(27)16-22(24)20-11-7-4-8-12-20/h3-12,18,21-22H,13-17,24H2,1-2H3/t18-,21+,22-/m1/s1. The van der Waals surface area contributed by atoms with Gasteiger partial charge in [0, 0.05) is 44.7 Å². The minimum atomic E-state index is -0.239. The fourth-order valence-electron chi connectivity index (χ4n) is 3.95. The maximum atomic E-state index is 12.7. The zero-order chi connectivity index (χ0) is 19.2. The molecule has 0 aliphatic carbocycles. The molecule has 0 saturated carbocycles. The fraction of sp³-hybridized carbons (Fsp3) is 0.435. The van der Waals surface area contributed by atoms with E-state index < -0.39 is 0 Å². The van der Waals surface area contributed by atoms with Gasteiger partial charge in [0.2, 0.25) is 5.91 Å². The monoisotopic (exact) mass is 365 g/mol. The van der Waals surface area contributed by atoms with Crippen molar-refractivity contribution in [2.75, 3.05) is 13.6 Å². The third-order valence-corrected chi connectivity index (χ3v) is 5.78. The van der Waals surface area contributed by atoms with E-state index in [-0.39, 0.29) is 11.9 Å². The number of nitrogens with zero attached hydrogens (tertiary/aromatic N) is 2. The molecule has 1 aliphatic heterocycles. The van der Waals surface area contributed by atoms with Crippen LogP contribution >= 0.6 is 0 Å². The number of nitrogens with two attached hydrogens (primary N) is 1. The Kier molecular flexibility index (Phi) is 6.64. The highest BCUT2D eigenvalue weighted by Gasteiger charge is 2.30. The predicted octanol–water partition coefficient (Wildman–Crippen LogP) is 3.59. The second kappa shape index (κ2) is 9.16. The largest absolute Gasteiger partial charge is 0.343 e. The molecular formula is C23H31N3O. The maximum absolute atomic E-state index is 12.7.